The van der Waals surface area contributed by atoms with Crippen molar-refractivity contribution in [2.75, 3.05) is 19.5 Å². The number of aromatic nitrogens is 2. The number of hydrogen-bond acceptors (Lipinski definition) is 6. The van der Waals surface area contributed by atoms with Gasteiger partial charge < -0.3 is 24.5 Å². The number of methoxy groups -OCH3 is 2. The van der Waals surface area contributed by atoms with Gasteiger partial charge in [-0.05, 0) is 29.8 Å². The van der Waals surface area contributed by atoms with E-state index in [-0.39, 0.29) is 24.3 Å². The van der Waals surface area contributed by atoms with Gasteiger partial charge in [0.25, 0.3) is 5.91 Å². The average Bonchev–Trinajstić information content (AvgIpc) is 3.45. The van der Waals surface area contributed by atoms with Gasteiger partial charge in [-0.2, -0.15) is 18.3 Å². The normalized spacial score (nSPS) is 17.9. The molecular weight excluding hydrogens is 429 g/mol. The van der Waals surface area contributed by atoms with Crippen LogP contribution in [0, 0.1) is 0 Å². The zero-order valence-electron chi connectivity index (χ0n) is 17.3. The van der Waals surface area contributed by atoms with Crippen molar-refractivity contribution < 1.29 is 31.9 Å². The van der Waals surface area contributed by atoms with Gasteiger partial charge in [0, 0.05) is 6.42 Å². The summed E-state index contributed by atoms with van der Waals surface area (Å²) in [6, 6.07) is 5.62. The predicted molar refractivity (Wildman–Crippen MR) is 108 cm³/mol. The zero-order valence-corrected chi connectivity index (χ0v) is 17.3. The Hall–Kier alpha value is -3.63. The van der Waals surface area contributed by atoms with Gasteiger partial charge in [0.1, 0.15) is 17.1 Å². The topological polar surface area (TPSA) is 90.6 Å². The van der Waals surface area contributed by atoms with Crippen molar-refractivity contribution in [1.29, 1.82) is 0 Å². The van der Waals surface area contributed by atoms with E-state index < -0.39 is 24.2 Å². The Kier molecular flexibility index (Phi) is 5.72. The Balaban J connectivity index is 1.66. The van der Waals surface area contributed by atoms with Gasteiger partial charge in [0.05, 0.1) is 39.3 Å². The van der Waals surface area contributed by atoms with E-state index in [9.17, 15) is 18.0 Å². The summed E-state index contributed by atoms with van der Waals surface area (Å²) >= 11 is 0. The Morgan fingerprint density at radius 3 is 2.72 bits per heavy atom. The fraction of sp³-hybridized carbons (Fsp3) is 0.333. The first-order valence-corrected chi connectivity index (χ1v) is 9.75. The van der Waals surface area contributed by atoms with Crippen LogP contribution >= 0.6 is 0 Å². The summed E-state index contributed by atoms with van der Waals surface area (Å²) in [5.41, 5.74) is 0.572. The number of nitrogens with zero attached hydrogens (tertiary/aromatic N) is 2. The maximum atomic E-state index is 13.9. The van der Waals surface area contributed by atoms with Crippen LogP contribution in [0.4, 0.5) is 19.0 Å². The van der Waals surface area contributed by atoms with Gasteiger partial charge in [-0.3, -0.25) is 4.79 Å². The molecule has 0 aliphatic carbocycles. The van der Waals surface area contributed by atoms with E-state index in [1.165, 1.54) is 20.5 Å². The van der Waals surface area contributed by atoms with Crippen LogP contribution < -0.4 is 20.1 Å². The minimum absolute atomic E-state index is 0.00435. The van der Waals surface area contributed by atoms with Crippen molar-refractivity contribution in [1.82, 2.24) is 15.1 Å². The van der Waals surface area contributed by atoms with Gasteiger partial charge >= 0.3 is 6.18 Å². The fourth-order valence-corrected chi connectivity index (χ4v) is 3.69. The molecule has 0 fully saturated rings. The molecule has 0 bridgehead atoms. The van der Waals surface area contributed by atoms with E-state index in [1.54, 1.807) is 30.3 Å². The molecule has 0 spiro atoms. The van der Waals surface area contributed by atoms with Crippen LogP contribution in [-0.4, -0.2) is 36.1 Å². The summed E-state index contributed by atoms with van der Waals surface area (Å²) in [6.07, 6.45) is -2.26. The highest BCUT2D eigenvalue weighted by Gasteiger charge is 2.47. The van der Waals surface area contributed by atoms with E-state index in [4.69, 9.17) is 13.9 Å². The molecule has 2 aromatic heterocycles. The Bertz CT molecular complexity index is 1100. The smallest absolute Gasteiger partial charge is 0.410 e. The van der Waals surface area contributed by atoms with Crippen LogP contribution in [0.15, 0.2) is 47.2 Å². The molecule has 2 atom stereocenters. The van der Waals surface area contributed by atoms with Crippen molar-refractivity contribution >= 4 is 11.7 Å². The number of fused-ring (bicyclic) bond motifs is 1. The molecule has 32 heavy (non-hydrogen) atoms. The molecular formula is C21H21F3N4O4. The van der Waals surface area contributed by atoms with Crippen LogP contribution in [-0.2, 0) is 6.54 Å². The predicted octanol–water partition coefficient (Wildman–Crippen LogP) is 4.08. The maximum absolute atomic E-state index is 13.9. The summed E-state index contributed by atoms with van der Waals surface area (Å²) < 4.78 is 58.1. The number of carbonyl (C=O) groups excluding carboxylic acids is 1. The lowest BCUT2D eigenvalue weighted by Gasteiger charge is -2.34. The van der Waals surface area contributed by atoms with E-state index in [0.29, 0.717) is 22.8 Å². The Morgan fingerprint density at radius 2 is 2.06 bits per heavy atom. The van der Waals surface area contributed by atoms with Gasteiger partial charge in [-0.25, -0.2) is 4.68 Å². The molecule has 0 saturated heterocycles. The lowest BCUT2D eigenvalue weighted by atomic mass is 9.96. The van der Waals surface area contributed by atoms with Gasteiger partial charge in [-0.15, -0.1) is 0 Å². The third-order valence-corrected chi connectivity index (χ3v) is 5.30. The number of nitrogens with one attached hydrogen (secondary N) is 2. The fourth-order valence-electron chi connectivity index (χ4n) is 3.69. The second-order valence-electron chi connectivity index (χ2n) is 7.22. The summed E-state index contributed by atoms with van der Waals surface area (Å²) in [4.78, 5) is 12.7. The van der Waals surface area contributed by atoms with Crippen molar-refractivity contribution in [2.24, 2.45) is 0 Å². The molecule has 1 aliphatic rings. The van der Waals surface area contributed by atoms with Crippen LogP contribution in [0.2, 0.25) is 0 Å². The Morgan fingerprint density at radius 1 is 1.28 bits per heavy atom. The number of furan rings is 1. The number of alkyl halides is 3. The molecule has 8 nitrogen and oxygen atoms in total. The van der Waals surface area contributed by atoms with Gasteiger partial charge in [0.2, 0.25) is 0 Å². The first kappa shape index (κ1) is 21.6. The van der Waals surface area contributed by atoms with Crippen LogP contribution in [0.3, 0.4) is 0 Å². The highest BCUT2D eigenvalue weighted by Crippen LogP contribution is 2.45. The molecule has 2 unspecified atom stereocenters. The lowest BCUT2D eigenvalue weighted by Crippen LogP contribution is -2.36. The molecule has 11 heteroatoms. The third-order valence-electron chi connectivity index (χ3n) is 5.30. The molecule has 0 radical (unpaired) electrons. The number of hydrogen-bond donors (Lipinski definition) is 2. The Labute approximate surface area is 181 Å². The minimum Gasteiger partial charge on any atom is -0.493 e. The first-order valence-electron chi connectivity index (χ1n) is 9.75. The number of rotatable bonds is 6. The highest BCUT2D eigenvalue weighted by atomic mass is 19.4. The monoisotopic (exact) mass is 450 g/mol. The van der Waals surface area contributed by atoms with Crippen molar-refractivity contribution in [3.63, 3.8) is 0 Å². The minimum atomic E-state index is -4.56. The molecule has 4 rings (SSSR count). The van der Waals surface area contributed by atoms with E-state index in [1.807, 2.05) is 0 Å². The second kappa shape index (κ2) is 8.48. The maximum Gasteiger partial charge on any atom is 0.410 e. The summed E-state index contributed by atoms with van der Waals surface area (Å²) in [7, 11) is 2.92. The summed E-state index contributed by atoms with van der Waals surface area (Å²) in [6.45, 7) is 0.0955. The second-order valence-corrected chi connectivity index (χ2v) is 7.22. The molecule has 3 heterocycles. The van der Waals surface area contributed by atoms with E-state index >= 15 is 0 Å². The first-order chi connectivity index (χ1) is 15.3. The molecule has 170 valence electrons. The molecule has 1 aliphatic heterocycles. The van der Waals surface area contributed by atoms with Crippen molar-refractivity contribution in [3.8, 4) is 11.5 Å². The summed E-state index contributed by atoms with van der Waals surface area (Å²) in [5.74, 6) is 0.802. The SMILES string of the molecule is COc1ccc(C2CC(C(F)(F)F)n3ncc(C(=O)NCc4ccco4)c3N2)cc1OC. The van der Waals surface area contributed by atoms with Gasteiger partial charge in [-0.1, -0.05) is 6.07 Å². The third kappa shape index (κ3) is 4.10. The highest BCUT2D eigenvalue weighted by molar-refractivity contribution is 5.98. The van der Waals surface area contributed by atoms with E-state index in [2.05, 4.69) is 15.7 Å². The quantitative estimate of drug-likeness (QED) is 0.588. The van der Waals surface area contributed by atoms with Crippen LogP contribution in [0.5, 0.6) is 11.5 Å². The van der Waals surface area contributed by atoms with Crippen molar-refractivity contribution in [3.05, 3.63) is 59.7 Å². The number of ether oxygens (including phenoxy) is 2. The average molecular weight is 450 g/mol. The molecule has 1 aromatic carbocycles. The lowest BCUT2D eigenvalue weighted by molar-refractivity contribution is -0.173. The largest absolute Gasteiger partial charge is 0.493 e. The van der Waals surface area contributed by atoms with Crippen molar-refractivity contribution in [2.45, 2.75) is 31.2 Å². The number of halogens is 3. The number of amides is 1. The van der Waals surface area contributed by atoms with Crippen LogP contribution in [0.1, 0.15) is 40.2 Å². The standard InChI is InChI=1S/C21H21F3N4O4/c1-30-16-6-5-12(8-17(16)31-2)15-9-18(21(22,23)24)28-19(27-15)14(11-26-28)20(29)25-10-13-4-3-7-32-13/h3-8,11,15,18,27H,9-10H2,1-2H3,(H,25,29). The molecule has 2 N–H and O–H groups in total. The molecule has 1 amide bonds. The van der Waals surface area contributed by atoms with Gasteiger partial charge in [0.15, 0.2) is 17.5 Å². The summed E-state index contributed by atoms with van der Waals surface area (Å²) in [5, 5.41) is 9.55. The number of benzene rings is 1. The number of anilines is 1. The van der Waals surface area contributed by atoms with E-state index in [0.717, 1.165) is 10.9 Å². The zero-order chi connectivity index (χ0) is 22.9. The molecule has 0 saturated carbocycles. The van der Waals surface area contributed by atoms with Crippen LogP contribution in [0.25, 0.3) is 0 Å². The molecule has 3 aromatic rings. The number of carbonyl (C=O) groups is 1.